The number of carboxylic acid groups (broad SMARTS) is 1. The van der Waals surface area contributed by atoms with Gasteiger partial charge in [0.1, 0.15) is 6.04 Å². The summed E-state index contributed by atoms with van der Waals surface area (Å²) in [4.78, 5) is 33.1. The molecular weight excluding hydrogens is 466 g/mol. The van der Waals surface area contributed by atoms with Crippen molar-refractivity contribution >= 4 is 27.6 Å². The van der Waals surface area contributed by atoms with E-state index in [9.17, 15) is 23.1 Å². The Hall–Kier alpha value is -3.29. The number of aromatic nitrogens is 2. The first kappa shape index (κ1) is 25.3. The number of amides is 1. The minimum atomic E-state index is -3.86. The minimum Gasteiger partial charge on any atom is -0.478 e. The Morgan fingerprint density at radius 2 is 1.94 bits per heavy atom. The molecule has 0 aliphatic carbocycles. The van der Waals surface area contributed by atoms with Crippen LogP contribution < -0.4 is 20.1 Å². The van der Waals surface area contributed by atoms with Gasteiger partial charge >= 0.3 is 5.97 Å². The number of likely N-dealkylation sites (N-methyl/N-ethyl adjacent to an activating group) is 1. The number of hydrogen-bond donors (Lipinski definition) is 3. The van der Waals surface area contributed by atoms with Crippen LogP contribution in [0.5, 0.6) is 11.6 Å². The summed E-state index contributed by atoms with van der Waals surface area (Å²) in [7, 11) is -1.22. The monoisotopic (exact) mass is 493 g/mol. The second-order valence-corrected chi connectivity index (χ2v) is 10.7. The van der Waals surface area contributed by atoms with Crippen LogP contribution in [0, 0.1) is 0 Å². The number of benzene rings is 1. The number of aliphatic carboxylic acids is 1. The Morgan fingerprint density at radius 3 is 2.44 bits per heavy atom. The number of carboxylic acids is 1. The molecule has 12 nitrogen and oxygen atoms in total. The molecule has 2 atom stereocenters. The van der Waals surface area contributed by atoms with E-state index >= 15 is 0 Å². The molecule has 0 bridgehead atoms. The third-order valence-electron chi connectivity index (χ3n) is 5.52. The number of carbonyl (C=O) groups excluding carboxylic acids is 1. The van der Waals surface area contributed by atoms with Gasteiger partial charge in [-0.25, -0.2) is 22.9 Å². The molecule has 1 aliphatic heterocycles. The van der Waals surface area contributed by atoms with Gasteiger partial charge in [-0.05, 0) is 17.0 Å². The molecule has 1 aromatic heterocycles. The number of hydrogen-bond acceptors (Lipinski definition) is 9. The highest BCUT2D eigenvalue weighted by Crippen LogP contribution is 2.53. The summed E-state index contributed by atoms with van der Waals surface area (Å²) in [5, 5.41) is 10.2. The number of carbonyl (C=O) groups is 2. The zero-order chi connectivity index (χ0) is 25.6. The van der Waals surface area contributed by atoms with E-state index in [-0.39, 0.29) is 23.1 Å². The van der Waals surface area contributed by atoms with Gasteiger partial charge in [-0.1, -0.05) is 26.8 Å². The maximum Gasteiger partial charge on any atom is 0.359 e. The Labute approximate surface area is 197 Å². The zero-order valence-corrected chi connectivity index (χ0v) is 20.4. The molecule has 1 aromatic carbocycles. The third-order valence-corrected chi connectivity index (χ3v) is 6.18. The van der Waals surface area contributed by atoms with Crippen LogP contribution in [0.1, 0.15) is 48.6 Å². The Balaban J connectivity index is 2.31. The van der Waals surface area contributed by atoms with Gasteiger partial charge in [-0.2, -0.15) is 4.98 Å². The molecule has 2 aromatic rings. The third kappa shape index (κ3) is 4.41. The maximum atomic E-state index is 12.5. The molecule has 1 aliphatic rings. The number of nitrogens with two attached hydrogens (primary N) is 1. The lowest BCUT2D eigenvalue weighted by Crippen LogP contribution is -2.59. The standard InChI is InChI=1S/C21H27N5O7S/c1-20(2,3)11-9-12-15(13(10-11)33-14-7-8-23-18(24-14)17(22)27)26(4)21(32-5,19(28)29)16(12)25-34(6,30)31/h7-10,16,25H,1-6H3,(H2,22,27)(H,28,29). The van der Waals surface area contributed by atoms with E-state index in [0.717, 1.165) is 11.8 Å². The van der Waals surface area contributed by atoms with Gasteiger partial charge in [0.25, 0.3) is 11.6 Å². The van der Waals surface area contributed by atoms with Gasteiger partial charge in [-0.3, -0.25) is 4.79 Å². The zero-order valence-electron chi connectivity index (χ0n) is 19.6. The number of methoxy groups -OCH3 is 1. The van der Waals surface area contributed by atoms with Crippen molar-refractivity contribution in [1.82, 2.24) is 14.7 Å². The smallest absolute Gasteiger partial charge is 0.359 e. The fourth-order valence-corrected chi connectivity index (χ4v) is 4.60. The summed E-state index contributed by atoms with van der Waals surface area (Å²) in [5.74, 6) is -2.35. The van der Waals surface area contributed by atoms with E-state index in [1.54, 1.807) is 12.1 Å². The van der Waals surface area contributed by atoms with E-state index in [1.165, 1.54) is 31.3 Å². The molecule has 0 saturated carbocycles. The van der Waals surface area contributed by atoms with Crippen LogP contribution in [0.15, 0.2) is 24.4 Å². The van der Waals surface area contributed by atoms with Crippen molar-refractivity contribution in [2.75, 3.05) is 25.3 Å². The highest BCUT2D eigenvalue weighted by molar-refractivity contribution is 7.88. The van der Waals surface area contributed by atoms with Crippen molar-refractivity contribution in [3.8, 4) is 11.6 Å². The van der Waals surface area contributed by atoms with Crippen LogP contribution >= 0.6 is 0 Å². The Morgan fingerprint density at radius 1 is 1.29 bits per heavy atom. The number of fused-ring (bicyclic) bond motifs is 1. The summed E-state index contributed by atoms with van der Waals surface area (Å²) in [5.41, 5.74) is 4.07. The minimum absolute atomic E-state index is 0.0108. The molecule has 4 N–H and O–H groups in total. The summed E-state index contributed by atoms with van der Waals surface area (Å²) in [6.07, 6.45) is 2.23. The van der Waals surface area contributed by atoms with Crippen molar-refractivity contribution in [2.24, 2.45) is 5.73 Å². The number of nitrogens with one attached hydrogen (secondary N) is 1. The summed E-state index contributed by atoms with van der Waals surface area (Å²) >= 11 is 0. The average Bonchev–Trinajstić information content (AvgIpc) is 2.95. The SMILES string of the molecule is COC1(C(=O)O)C(NS(C)(=O)=O)c2cc(C(C)(C)C)cc(Oc3ccnc(C(N)=O)n3)c2N1C. The molecule has 34 heavy (non-hydrogen) atoms. The van der Waals surface area contributed by atoms with E-state index in [4.69, 9.17) is 15.2 Å². The summed E-state index contributed by atoms with van der Waals surface area (Å²) in [6.45, 7) is 5.81. The quantitative estimate of drug-likeness (QED) is 0.507. The second kappa shape index (κ2) is 8.49. The van der Waals surface area contributed by atoms with Crippen LogP contribution in [0.2, 0.25) is 0 Å². The van der Waals surface area contributed by atoms with Crippen LogP contribution in [-0.4, -0.2) is 61.5 Å². The molecule has 0 fully saturated rings. The molecule has 0 radical (unpaired) electrons. The average molecular weight is 494 g/mol. The summed E-state index contributed by atoms with van der Waals surface area (Å²) < 4.78 is 38.3. The molecule has 2 unspecified atom stereocenters. The second-order valence-electron chi connectivity index (χ2n) is 8.93. The van der Waals surface area contributed by atoms with Crippen LogP contribution in [-0.2, 0) is 25.0 Å². The van der Waals surface area contributed by atoms with Crippen molar-refractivity contribution in [2.45, 2.75) is 38.0 Å². The predicted molar refractivity (Wildman–Crippen MR) is 122 cm³/mol. The van der Waals surface area contributed by atoms with Crippen molar-refractivity contribution in [1.29, 1.82) is 0 Å². The van der Waals surface area contributed by atoms with E-state index in [1.807, 2.05) is 20.8 Å². The largest absolute Gasteiger partial charge is 0.478 e. The van der Waals surface area contributed by atoms with E-state index < -0.39 is 39.1 Å². The molecule has 3 rings (SSSR count). The van der Waals surface area contributed by atoms with Crippen LogP contribution in [0.3, 0.4) is 0 Å². The van der Waals surface area contributed by atoms with Gasteiger partial charge in [0.15, 0.2) is 5.75 Å². The van der Waals surface area contributed by atoms with Gasteiger partial charge in [0.2, 0.25) is 21.7 Å². The Bertz CT molecular complexity index is 1260. The van der Waals surface area contributed by atoms with E-state index in [0.29, 0.717) is 5.56 Å². The topological polar surface area (TPSA) is 174 Å². The first-order chi connectivity index (χ1) is 15.6. The molecule has 0 spiro atoms. The lowest BCUT2D eigenvalue weighted by Gasteiger charge is -2.36. The predicted octanol–water partition coefficient (Wildman–Crippen LogP) is 1.13. The fraction of sp³-hybridized carbons (Fsp3) is 0.429. The number of primary amides is 1. The maximum absolute atomic E-state index is 12.5. The number of nitrogens with zero attached hydrogens (tertiary/aromatic N) is 3. The summed E-state index contributed by atoms with van der Waals surface area (Å²) in [6, 6.07) is 3.53. The number of sulfonamides is 1. The highest BCUT2D eigenvalue weighted by Gasteiger charge is 2.59. The van der Waals surface area contributed by atoms with Gasteiger partial charge in [0.05, 0.1) is 11.9 Å². The molecule has 0 saturated heterocycles. The van der Waals surface area contributed by atoms with Crippen LogP contribution in [0.4, 0.5) is 5.69 Å². The molecule has 2 heterocycles. The number of ether oxygens (including phenoxy) is 2. The lowest BCUT2D eigenvalue weighted by atomic mass is 9.84. The molecule has 184 valence electrons. The van der Waals surface area contributed by atoms with Gasteiger partial charge in [0, 0.05) is 32.0 Å². The van der Waals surface area contributed by atoms with Gasteiger partial charge < -0.3 is 25.2 Å². The highest BCUT2D eigenvalue weighted by atomic mass is 32.2. The Kier molecular flexibility index (Phi) is 6.33. The first-order valence-electron chi connectivity index (χ1n) is 10.1. The van der Waals surface area contributed by atoms with E-state index in [2.05, 4.69) is 14.7 Å². The lowest BCUT2D eigenvalue weighted by molar-refractivity contribution is -0.164. The van der Waals surface area contributed by atoms with Crippen molar-refractivity contribution in [3.05, 3.63) is 41.3 Å². The normalized spacial score (nSPS) is 20.2. The van der Waals surface area contributed by atoms with Crippen molar-refractivity contribution in [3.63, 3.8) is 0 Å². The van der Waals surface area contributed by atoms with Gasteiger partial charge in [-0.15, -0.1) is 0 Å². The van der Waals surface area contributed by atoms with Crippen LogP contribution in [0.25, 0.3) is 0 Å². The van der Waals surface area contributed by atoms with Crippen molar-refractivity contribution < 1.29 is 32.6 Å². The number of rotatable bonds is 7. The molecule has 13 heteroatoms. The number of anilines is 1. The fourth-order valence-electron chi connectivity index (χ4n) is 3.89. The molecular formula is C21H27N5O7S. The first-order valence-corrected chi connectivity index (χ1v) is 12.0. The molecule has 1 amide bonds.